The van der Waals surface area contributed by atoms with E-state index in [0.29, 0.717) is 11.7 Å². The topological polar surface area (TPSA) is 74.2 Å². The third kappa shape index (κ3) is 2.98. The first-order chi connectivity index (χ1) is 8.87. The predicted octanol–water partition coefficient (Wildman–Crippen LogP) is 2.92. The van der Waals surface area contributed by atoms with Crippen molar-refractivity contribution in [2.75, 3.05) is 7.11 Å². The molecule has 1 atom stereocenters. The summed E-state index contributed by atoms with van der Waals surface area (Å²) in [6.45, 7) is 6.28. The number of hydrogen-bond donors (Lipinski definition) is 1. The molecule has 0 amide bonds. The quantitative estimate of drug-likeness (QED) is 0.911. The van der Waals surface area contributed by atoms with Crippen LogP contribution in [0, 0.1) is 5.41 Å². The van der Waals surface area contributed by atoms with Crippen LogP contribution >= 0.6 is 0 Å². The van der Waals surface area contributed by atoms with Crippen LogP contribution < -0.4 is 5.73 Å². The number of ether oxygens (including phenoxy) is 1. The maximum atomic E-state index is 6.41. The molecule has 0 bridgehead atoms. The number of methoxy groups -OCH3 is 1. The summed E-state index contributed by atoms with van der Waals surface area (Å²) in [5.74, 6) is 1.16. The molecule has 1 aromatic heterocycles. The Kier molecular flexibility index (Phi) is 3.97. The van der Waals surface area contributed by atoms with Gasteiger partial charge in [0.05, 0.1) is 5.54 Å². The van der Waals surface area contributed by atoms with Crippen LogP contribution in [0.5, 0.6) is 0 Å². The Hall–Kier alpha value is -0.940. The first-order valence-electron chi connectivity index (χ1n) is 7.02. The van der Waals surface area contributed by atoms with Crippen molar-refractivity contribution in [2.45, 2.75) is 64.5 Å². The number of nitrogens with zero attached hydrogens (tertiary/aromatic N) is 2. The van der Waals surface area contributed by atoms with Gasteiger partial charge in [-0.1, -0.05) is 45.2 Å². The fraction of sp³-hybridized carbons (Fsp3) is 0.857. The van der Waals surface area contributed by atoms with Crippen molar-refractivity contribution in [3.8, 4) is 0 Å². The number of hydrogen-bond acceptors (Lipinski definition) is 5. The molecule has 0 aromatic carbocycles. The second-order valence-corrected chi connectivity index (χ2v) is 6.66. The van der Waals surface area contributed by atoms with Gasteiger partial charge in [0.1, 0.15) is 6.10 Å². The number of aromatic nitrogens is 2. The summed E-state index contributed by atoms with van der Waals surface area (Å²) >= 11 is 0. The van der Waals surface area contributed by atoms with Gasteiger partial charge >= 0.3 is 0 Å². The summed E-state index contributed by atoms with van der Waals surface area (Å²) in [5, 5.41) is 4.08. The molecule has 1 heterocycles. The number of rotatable bonds is 3. The number of nitrogens with two attached hydrogens (primary N) is 1. The minimum absolute atomic E-state index is 0.0791. The molecule has 1 saturated carbocycles. The third-order valence-electron chi connectivity index (χ3n) is 3.87. The molecule has 0 aliphatic heterocycles. The molecule has 1 aromatic rings. The zero-order chi connectivity index (χ0) is 14.1. The molecule has 1 aliphatic carbocycles. The summed E-state index contributed by atoms with van der Waals surface area (Å²) in [6.07, 6.45) is 5.14. The standard InChI is InChI=1S/C14H25N3O2/c1-13(2,3)10(18-4)11-16-12(19-17-11)14(15)8-6-5-7-9-14/h10H,5-9,15H2,1-4H3. The summed E-state index contributed by atoms with van der Waals surface area (Å²) in [7, 11) is 1.67. The van der Waals surface area contributed by atoms with Crippen LogP contribution in [0.3, 0.4) is 0 Å². The Labute approximate surface area is 114 Å². The maximum Gasteiger partial charge on any atom is 0.246 e. The fourth-order valence-electron chi connectivity index (χ4n) is 2.79. The average Bonchev–Trinajstić information content (AvgIpc) is 2.79. The largest absolute Gasteiger partial charge is 0.373 e. The third-order valence-corrected chi connectivity index (χ3v) is 3.87. The van der Waals surface area contributed by atoms with Gasteiger partial charge in [-0.2, -0.15) is 4.98 Å². The van der Waals surface area contributed by atoms with Crippen molar-refractivity contribution in [1.29, 1.82) is 0 Å². The van der Waals surface area contributed by atoms with E-state index in [-0.39, 0.29) is 11.5 Å². The Morgan fingerprint density at radius 3 is 2.42 bits per heavy atom. The second-order valence-electron chi connectivity index (χ2n) is 6.66. The first-order valence-corrected chi connectivity index (χ1v) is 7.02. The molecule has 19 heavy (non-hydrogen) atoms. The Balaban J connectivity index is 2.23. The molecule has 0 radical (unpaired) electrons. The molecule has 5 heteroatoms. The van der Waals surface area contributed by atoms with Crippen LogP contribution in [0.1, 0.15) is 70.7 Å². The minimum Gasteiger partial charge on any atom is -0.373 e. The van der Waals surface area contributed by atoms with E-state index < -0.39 is 5.54 Å². The average molecular weight is 267 g/mol. The molecule has 2 N–H and O–H groups in total. The molecule has 1 unspecified atom stereocenters. The van der Waals surface area contributed by atoms with Crippen LogP contribution in [0.2, 0.25) is 0 Å². The SMILES string of the molecule is COC(c1noc(C2(N)CCCCC2)n1)C(C)(C)C. The first kappa shape index (κ1) is 14.5. The fourth-order valence-corrected chi connectivity index (χ4v) is 2.79. The maximum absolute atomic E-state index is 6.41. The molecule has 5 nitrogen and oxygen atoms in total. The Bertz CT molecular complexity index is 417. The van der Waals surface area contributed by atoms with Crippen LogP contribution in [-0.4, -0.2) is 17.3 Å². The van der Waals surface area contributed by atoms with Crippen molar-refractivity contribution < 1.29 is 9.26 Å². The zero-order valence-corrected chi connectivity index (χ0v) is 12.4. The van der Waals surface area contributed by atoms with Crippen molar-refractivity contribution in [1.82, 2.24) is 10.1 Å². The lowest BCUT2D eigenvalue weighted by atomic mass is 9.82. The van der Waals surface area contributed by atoms with Crippen LogP contribution in [-0.2, 0) is 10.3 Å². The highest BCUT2D eigenvalue weighted by Crippen LogP contribution is 2.37. The van der Waals surface area contributed by atoms with Crippen LogP contribution in [0.4, 0.5) is 0 Å². The van der Waals surface area contributed by atoms with Gasteiger partial charge in [0.2, 0.25) is 11.7 Å². The van der Waals surface area contributed by atoms with Gasteiger partial charge in [0, 0.05) is 7.11 Å². The summed E-state index contributed by atoms with van der Waals surface area (Å²) in [6, 6.07) is 0. The van der Waals surface area contributed by atoms with Gasteiger partial charge in [0.25, 0.3) is 0 Å². The van der Waals surface area contributed by atoms with Crippen LogP contribution in [0.15, 0.2) is 4.52 Å². The molecule has 1 fully saturated rings. The highest BCUT2D eigenvalue weighted by atomic mass is 16.5. The zero-order valence-electron chi connectivity index (χ0n) is 12.4. The second kappa shape index (κ2) is 5.21. The van der Waals surface area contributed by atoms with Crippen molar-refractivity contribution in [3.05, 3.63) is 11.7 Å². The van der Waals surface area contributed by atoms with E-state index in [1.165, 1.54) is 6.42 Å². The minimum atomic E-state index is -0.445. The van der Waals surface area contributed by atoms with E-state index in [0.717, 1.165) is 25.7 Å². The van der Waals surface area contributed by atoms with Gasteiger partial charge in [-0.3, -0.25) is 0 Å². The van der Waals surface area contributed by atoms with Crippen LogP contribution in [0.25, 0.3) is 0 Å². The van der Waals surface area contributed by atoms with E-state index >= 15 is 0 Å². The van der Waals surface area contributed by atoms with Crippen molar-refractivity contribution in [2.24, 2.45) is 11.1 Å². The van der Waals surface area contributed by atoms with Gasteiger partial charge < -0.3 is 15.0 Å². The lowest BCUT2D eigenvalue weighted by molar-refractivity contribution is 0.00718. The van der Waals surface area contributed by atoms with Crippen molar-refractivity contribution >= 4 is 0 Å². The lowest BCUT2D eigenvalue weighted by Gasteiger charge is -2.29. The summed E-state index contributed by atoms with van der Waals surface area (Å²) in [4.78, 5) is 4.52. The Morgan fingerprint density at radius 1 is 1.26 bits per heavy atom. The van der Waals surface area contributed by atoms with Gasteiger partial charge in [-0.25, -0.2) is 0 Å². The molecule has 0 spiro atoms. The monoisotopic (exact) mass is 267 g/mol. The summed E-state index contributed by atoms with van der Waals surface area (Å²) < 4.78 is 10.9. The van der Waals surface area contributed by atoms with E-state index in [1.807, 2.05) is 0 Å². The van der Waals surface area contributed by atoms with Crippen molar-refractivity contribution in [3.63, 3.8) is 0 Å². The van der Waals surface area contributed by atoms with E-state index in [9.17, 15) is 0 Å². The predicted molar refractivity (Wildman–Crippen MR) is 72.5 cm³/mol. The molecular weight excluding hydrogens is 242 g/mol. The summed E-state index contributed by atoms with van der Waals surface area (Å²) in [5.41, 5.74) is 5.88. The molecule has 0 saturated heterocycles. The Morgan fingerprint density at radius 2 is 1.89 bits per heavy atom. The van der Waals surface area contributed by atoms with E-state index in [1.54, 1.807) is 7.11 Å². The highest BCUT2D eigenvalue weighted by molar-refractivity contribution is 5.06. The lowest BCUT2D eigenvalue weighted by Crippen LogP contribution is -2.39. The smallest absolute Gasteiger partial charge is 0.246 e. The molecule has 1 aliphatic rings. The molecule has 2 rings (SSSR count). The molecular formula is C14H25N3O2. The molecule has 108 valence electrons. The normalized spacial score (nSPS) is 21.3. The van der Waals surface area contributed by atoms with Gasteiger partial charge in [0.15, 0.2) is 0 Å². The van der Waals surface area contributed by atoms with Gasteiger partial charge in [-0.05, 0) is 18.3 Å². The van der Waals surface area contributed by atoms with E-state index in [4.69, 9.17) is 15.0 Å². The van der Waals surface area contributed by atoms with E-state index in [2.05, 4.69) is 30.9 Å². The highest BCUT2D eigenvalue weighted by Gasteiger charge is 2.37. The van der Waals surface area contributed by atoms with Gasteiger partial charge in [-0.15, -0.1) is 0 Å².